The second kappa shape index (κ2) is 6.89. The molecule has 0 bridgehead atoms. The molecular weight excluding hydrogens is 239 g/mol. The van der Waals surface area contributed by atoms with Crippen LogP contribution >= 0.6 is 7.60 Å². The van der Waals surface area contributed by atoms with Gasteiger partial charge in [0.25, 0.3) is 0 Å². The van der Waals surface area contributed by atoms with Gasteiger partial charge in [0.15, 0.2) is 5.34 Å². The van der Waals surface area contributed by atoms with E-state index >= 15 is 0 Å². The van der Waals surface area contributed by atoms with Crippen LogP contribution in [-0.2, 0) is 13.6 Å². The Kier molecular flexibility index (Phi) is 6.14. The summed E-state index contributed by atoms with van der Waals surface area (Å²) < 4.78 is 23.2. The second-order valence-electron chi connectivity index (χ2n) is 4.58. The Morgan fingerprint density at radius 1 is 1.00 bits per heavy atom. The minimum Gasteiger partial charge on any atom is -0.377 e. The molecule has 102 valence electrons. The molecule has 1 N–H and O–H groups in total. The van der Waals surface area contributed by atoms with E-state index in [1.807, 2.05) is 0 Å². The van der Waals surface area contributed by atoms with Crippen molar-refractivity contribution in [1.29, 1.82) is 0 Å². The molecule has 1 aliphatic rings. The Morgan fingerprint density at radius 2 is 1.41 bits per heavy atom. The second-order valence-corrected chi connectivity index (χ2v) is 6.93. The van der Waals surface area contributed by atoms with E-state index in [2.05, 4.69) is 0 Å². The van der Waals surface area contributed by atoms with Crippen LogP contribution in [0.1, 0.15) is 58.8 Å². The average molecular weight is 264 g/mol. The van der Waals surface area contributed by atoms with Gasteiger partial charge in [0.1, 0.15) is 0 Å². The van der Waals surface area contributed by atoms with Crippen molar-refractivity contribution in [2.24, 2.45) is 0 Å². The Morgan fingerprint density at radius 3 is 1.82 bits per heavy atom. The van der Waals surface area contributed by atoms with Gasteiger partial charge in [-0.25, -0.2) is 0 Å². The van der Waals surface area contributed by atoms with Crippen LogP contribution in [0.4, 0.5) is 0 Å². The molecular formula is C12H25O4P. The largest absolute Gasteiger partial charge is 0.377 e. The van der Waals surface area contributed by atoms with Crippen LogP contribution in [0.5, 0.6) is 0 Å². The summed E-state index contributed by atoms with van der Waals surface area (Å²) in [7, 11) is -3.40. The van der Waals surface area contributed by atoms with Gasteiger partial charge < -0.3 is 14.2 Å². The first-order valence-electron chi connectivity index (χ1n) is 6.69. The molecule has 4 nitrogen and oxygen atoms in total. The highest BCUT2D eigenvalue weighted by Gasteiger charge is 2.48. The first kappa shape index (κ1) is 15.2. The predicted molar refractivity (Wildman–Crippen MR) is 68.1 cm³/mol. The zero-order valence-corrected chi connectivity index (χ0v) is 11.9. The number of hydrogen-bond acceptors (Lipinski definition) is 4. The highest BCUT2D eigenvalue weighted by molar-refractivity contribution is 7.55. The van der Waals surface area contributed by atoms with Crippen molar-refractivity contribution < 1.29 is 18.7 Å². The van der Waals surface area contributed by atoms with Gasteiger partial charge in [-0.15, -0.1) is 0 Å². The molecule has 17 heavy (non-hydrogen) atoms. The first-order valence-corrected chi connectivity index (χ1v) is 8.24. The van der Waals surface area contributed by atoms with Crippen molar-refractivity contribution in [3.8, 4) is 0 Å². The Balaban J connectivity index is 2.83. The minimum atomic E-state index is -3.40. The van der Waals surface area contributed by atoms with Gasteiger partial charge in [-0.2, -0.15) is 0 Å². The molecule has 1 fully saturated rings. The van der Waals surface area contributed by atoms with Crippen LogP contribution in [-0.4, -0.2) is 23.7 Å². The summed E-state index contributed by atoms with van der Waals surface area (Å²) in [6.07, 6.45) is 6.18. The van der Waals surface area contributed by atoms with E-state index in [-0.39, 0.29) is 0 Å². The molecule has 0 heterocycles. The third-order valence-corrected chi connectivity index (χ3v) is 5.93. The molecule has 0 spiro atoms. The summed E-state index contributed by atoms with van der Waals surface area (Å²) in [6, 6.07) is 0. The van der Waals surface area contributed by atoms with Gasteiger partial charge in [0.05, 0.1) is 13.2 Å². The van der Waals surface area contributed by atoms with Crippen LogP contribution in [0.25, 0.3) is 0 Å². The Bertz CT molecular complexity index is 249. The molecule has 0 amide bonds. The summed E-state index contributed by atoms with van der Waals surface area (Å²) in [5.41, 5.74) is 0. The van der Waals surface area contributed by atoms with Crippen LogP contribution in [0.3, 0.4) is 0 Å². The van der Waals surface area contributed by atoms with Crippen molar-refractivity contribution in [2.75, 3.05) is 13.2 Å². The van der Waals surface area contributed by atoms with Gasteiger partial charge in [-0.1, -0.05) is 19.3 Å². The molecule has 1 aliphatic carbocycles. The van der Waals surface area contributed by atoms with Crippen molar-refractivity contribution >= 4 is 7.60 Å². The van der Waals surface area contributed by atoms with Crippen LogP contribution in [0, 0.1) is 0 Å². The minimum absolute atomic E-state index is 0.305. The summed E-state index contributed by atoms with van der Waals surface area (Å²) >= 11 is 0. The number of rotatable bonds is 5. The molecule has 0 aromatic heterocycles. The lowest BCUT2D eigenvalue weighted by atomic mass is 9.98. The number of aliphatic hydroxyl groups is 1. The van der Waals surface area contributed by atoms with E-state index in [9.17, 15) is 9.67 Å². The normalized spacial score (nSPS) is 21.8. The average Bonchev–Trinajstić information content (AvgIpc) is 2.24. The lowest BCUT2D eigenvalue weighted by molar-refractivity contribution is 0.0459. The highest BCUT2D eigenvalue weighted by atomic mass is 31.2. The van der Waals surface area contributed by atoms with Crippen LogP contribution in [0.2, 0.25) is 0 Å². The lowest BCUT2D eigenvalue weighted by Gasteiger charge is -2.35. The summed E-state index contributed by atoms with van der Waals surface area (Å²) in [5.74, 6) is 0. The van der Waals surface area contributed by atoms with Gasteiger partial charge in [-0.05, 0) is 39.5 Å². The molecule has 0 aliphatic heterocycles. The molecule has 0 aromatic carbocycles. The van der Waals surface area contributed by atoms with Gasteiger partial charge >= 0.3 is 7.60 Å². The van der Waals surface area contributed by atoms with Crippen LogP contribution < -0.4 is 0 Å². The fourth-order valence-electron chi connectivity index (χ4n) is 2.36. The standard InChI is InChI=1S/C12H25O4P/c1-3-15-17(14,16-4-2)12(13)10-8-6-5-7-9-11-12/h13H,3-11H2,1-2H3. The number of hydrogen-bond donors (Lipinski definition) is 1. The fraction of sp³-hybridized carbons (Fsp3) is 1.00. The van der Waals surface area contributed by atoms with E-state index in [1.165, 1.54) is 6.42 Å². The van der Waals surface area contributed by atoms with Crippen molar-refractivity contribution in [1.82, 2.24) is 0 Å². The van der Waals surface area contributed by atoms with Crippen molar-refractivity contribution in [2.45, 2.75) is 64.1 Å². The van der Waals surface area contributed by atoms with Crippen molar-refractivity contribution in [3.63, 3.8) is 0 Å². The topological polar surface area (TPSA) is 55.8 Å². The smallest absolute Gasteiger partial charge is 0.361 e. The maximum atomic E-state index is 12.7. The summed E-state index contributed by atoms with van der Waals surface area (Å²) in [6.45, 7) is 4.16. The zero-order chi connectivity index (χ0) is 12.8. The van der Waals surface area contributed by atoms with E-state index in [1.54, 1.807) is 13.8 Å². The van der Waals surface area contributed by atoms with Gasteiger partial charge in [0, 0.05) is 0 Å². The molecule has 5 heteroatoms. The van der Waals surface area contributed by atoms with Gasteiger partial charge in [-0.3, -0.25) is 4.57 Å². The SMILES string of the molecule is CCOP(=O)(OCC)C1(O)CCCCCCC1. The molecule has 0 radical (unpaired) electrons. The van der Waals surface area contributed by atoms with E-state index in [0.717, 1.165) is 25.7 Å². The summed E-state index contributed by atoms with van der Waals surface area (Å²) in [4.78, 5) is 0. The van der Waals surface area contributed by atoms with Crippen molar-refractivity contribution in [3.05, 3.63) is 0 Å². The first-order chi connectivity index (χ1) is 8.08. The fourth-order valence-corrected chi connectivity index (χ4v) is 4.46. The highest BCUT2D eigenvalue weighted by Crippen LogP contribution is 2.62. The third-order valence-electron chi connectivity index (χ3n) is 3.26. The molecule has 1 saturated carbocycles. The van der Waals surface area contributed by atoms with E-state index in [0.29, 0.717) is 26.1 Å². The maximum absolute atomic E-state index is 12.7. The monoisotopic (exact) mass is 264 g/mol. The predicted octanol–water partition coefficient (Wildman–Crippen LogP) is 3.69. The molecule has 0 saturated heterocycles. The van der Waals surface area contributed by atoms with E-state index in [4.69, 9.17) is 9.05 Å². The maximum Gasteiger partial charge on any atom is 0.361 e. The molecule has 0 aromatic rings. The third kappa shape index (κ3) is 3.78. The lowest BCUT2D eigenvalue weighted by Crippen LogP contribution is -2.31. The molecule has 0 unspecified atom stereocenters. The van der Waals surface area contributed by atoms with E-state index < -0.39 is 12.9 Å². The van der Waals surface area contributed by atoms with Crippen LogP contribution in [0.15, 0.2) is 0 Å². The Labute approximate surface area is 104 Å². The molecule has 0 atom stereocenters. The Hall–Kier alpha value is 0.110. The molecule has 1 rings (SSSR count). The quantitative estimate of drug-likeness (QED) is 0.769. The zero-order valence-electron chi connectivity index (χ0n) is 11.0. The van der Waals surface area contributed by atoms with Gasteiger partial charge in [0.2, 0.25) is 0 Å². The summed E-state index contributed by atoms with van der Waals surface area (Å²) in [5, 5.41) is 9.37.